The molecule has 5 heteroatoms. The van der Waals surface area contributed by atoms with Gasteiger partial charge < -0.3 is 5.11 Å². The monoisotopic (exact) mass is 193 g/mol. The van der Waals surface area contributed by atoms with Crippen LogP contribution in [0.1, 0.15) is 13.3 Å². The minimum absolute atomic E-state index is 0.0397. The van der Waals surface area contributed by atoms with Crippen molar-refractivity contribution in [1.29, 1.82) is 0 Å². The first kappa shape index (κ1) is 9.95. The normalized spacial score (nSPS) is 25.8. The maximum atomic E-state index is 11.3. The van der Waals surface area contributed by atoms with E-state index in [0.29, 0.717) is 13.1 Å². The zero-order chi connectivity index (χ0) is 9.19. The van der Waals surface area contributed by atoms with Gasteiger partial charge in [-0.25, -0.2) is 12.7 Å². The molecule has 1 aliphatic heterocycles. The zero-order valence-electron chi connectivity index (χ0n) is 7.23. The zero-order valence-corrected chi connectivity index (χ0v) is 8.05. The van der Waals surface area contributed by atoms with Gasteiger partial charge in [-0.05, 0) is 12.3 Å². The smallest absolute Gasteiger partial charge is 0.214 e. The van der Waals surface area contributed by atoms with Crippen LogP contribution in [0.15, 0.2) is 0 Å². The van der Waals surface area contributed by atoms with Gasteiger partial charge in [-0.1, -0.05) is 6.92 Å². The third-order valence-corrected chi connectivity index (χ3v) is 3.95. The molecule has 0 radical (unpaired) electrons. The van der Waals surface area contributed by atoms with Crippen LogP contribution in [0.3, 0.4) is 0 Å². The van der Waals surface area contributed by atoms with Crippen LogP contribution in [0.25, 0.3) is 0 Å². The van der Waals surface area contributed by atoms with Crippen LogP contribution in [-0.2, 0) is 10.0 Å². The minimum atomic E-state index is -2.97. The number of aliphatic hydroxyl groups excluding tert-OH is 1. The molecule has 0 amide bonds. The molecule has 1 rings (SSSR count). The first-order valence-electron chi connectivity index (χ1n) is 4.15. The average Bonchev–Trinajstić information content (AvgIpc) is 2.31. The van der Waals surface area contributed by atoms with Gasteiger partial charge >= 0.3 is 0 Å². The summed E-state index contributed by atoms with van der Waals surface area (Å²) in [6.07, 6.45) is 0.723. The Balaban J connectivity index is 2.53. The van der Waals surface area contributed by atoms with E-state index in [9.17, 15) is 8.42 Å². The maximum absolute atomic E-state index is 11.3. The summed E-state index contributed by atoms with van der Waals surface area (Å²) in [4.78, 5) is 0. The van der Waals surface area contributed by atoms with E-state index in [1.165, 1.54) is 4.31 Å². The van der Waals surface area contributed by atoms with E-state index in [-0.39, 0.29) is 18.3 Å². The molecule has 72 valence electrons. The molecule has 4 nitrogen and oxygen atoms in total. The molecule has 1 saturated heterocycles. The molecule has 0 saturated carbocycles. The van der Waals surface area contributed by atoms with Crippen LogP contribution in [0, 0.1) is 5.92 Å². The summed E-state index contributed by atoms with van der Waals surface area (Å²) in [5.41, 5.74) is 0. The molecular weight excluding hydrogens is 178 g/mol. The van der Waals surface area contributed by atoms with Gasteiger partial charge in [0.25, 0.3) is 0 Å². The van der Waals surface area contributed by atoms with Crippen LogP contribution in [0.5, 0.6) is 0 Å². The van der Waals surface area contributed by atoms with Crippen LogP contribution < -0.4 is 0 Å². The van der Waals surface area contributed by atoms with Gasteiger partial charge in [0.05, 0.1) is 5.75 Å². The van der Waals surface area contributed by atoms with Crippen molar-refractivity contribution in [2.24, 2.45) is 5.92 Å². The van der Waals surface area contributed by atoms with E-state index < -0.39 is 10.0 Å². The summed E-state index contributed by atoms with van der Waals surface area (Å²) in [7, 11) is -2.97. The molecule has 0 aliphatic carbocycles. The van der Waals surface area contributed by atoms with Gasteiger partial charge in [-0.15, -0.1) is 0 Å². The van der Waals surface area contributed by atoms with E-state index in [0.717, 1.165) is 6.42 Å². The van der Waals surface area contributed by atoms with Crippen LogP contribution >= 0.6 is 0 Å². The largest absolute Gasteiger partial charge is 0.396 e. The highest BCUT2D eigenvalue weighted by atomic mass is 32.2. The minimum Gasteiger partial charge on any atom is -0.396 e. The molecule has 0 spiro atoms. The Morgan fingerprint density at radius 2 is 2.25 bits per heavy atom. The lowest BCUT2D eigenvalue weighted by molar-refractivity contribution is 0.215. The topological polar surface area (TPSA) is 57.6 Å². The molecule has 1 unspecified atom stereocenters. The lowest BCUT2D eigenvalue weighted by Crippen LogP contribution is -2.31. The fraction of sp³-hybridized carbons (Fsp3) is 1.00. The van der Waals surface area contributed by atoms with Crippen molar-refractivity contribution in [3.8, 4) is 0 Å². The van der Waals surface area contributed by atoms with Crippen LogP contribution in [0.2, 0.25) is 0 Å². The molecular formula is C7H15NO3S. The number of rotatable bonds is 3. The molecule has 1 fully saturated rings. The lowest BCUT2D eigenvalue weighted by Gasteiger charge is -2.17. The molecule has 0 bridgehead atoms. The molecule has 1 atom stereocenters. The summed E-state index contributed by atoms with van der Waals surface area (Å²) < 4.78 is 24.0. The molecule has 1 aliphatic rings. The second-order valence-electron chi connectivity index (χ2n) is 3.32. The highest BCUT2D eigenvalue weighted by Gasteiger charge is 2.28. The van der Waals surface area contributed by atoms with Gasteiger partial charge in [0.1, 0.15) is 0 Å². The van der Waals surface area contributed by atoms with Gasteiger partial charge in [0, 0.05) is 19.7 Å². The second-order valence-corrected chi connectivity index (χ2v) is 5.40. The predicted octanol–water partition coefficient (Wildman–Crippen LogP) is -0.350. The quantitative estimate of drug-likeness (QED) is 0.666. The number of aliphatic hydroxyl groups is 1. The average molecular weight is 193 g/mol. The van der Waals surface area contributed by atoms with E-state index in [1.807, 2.05) is 6.92 Å². The van der Waals surface area contributed by atoms with E-state index in [2.05, 4.69) is 0 Å². The van der Waals surface area contributed by atoms with Crippen molar-refractivity contribution in [2.75, 3.05) is 25.4 Å². The van der Waals surface area contributed by atoms with Crippen LogP contribution in [-0.4, -0.2) is 43.3 Å². The lowest BCUT2D eigenvalue weighted by atomic mass is 10.2. The molecule has 1 heterocycles. The summed E-state index contributed by atoms with van der Waals surface area (Å²) in [5.74, 6) is 0.309. The number of nitrogens with zero attached hydrogens (tertiary/aromatic N) is 1. The molecule has 12 heavy (non-hydrogen) atoms. The summed E-state index contributed by atoms with van der Waals surface area (Å²) >= 11 is 0. The van der Waals surface area contributed by atoms with Crippen molar-refractivity contribution in [3.63, 3.8) is 0 Å². The van der Waals surface area contributed by atoms with Gasteiger partial charge in [-0.2, -0.15) is 0 Å². The highest BCUT2D eigenvalue weighted by Crippen LogP contribution is 2.14. The second kappa shape index (κ2) is 3.72. The number of sulfonamides is 1. The molecule has 1 N–H and O–H groups in total. The van der Waals surface area contributed by atoms with E-state index >= 15 is 0 Å². The summed E-state index contributed by atoms with van der Waals surface area (Å²) in [5, 5.41) is 8.74. The first-order valence-corrected chi connectivity index (χ1v) is 5.76. The van der Waals surface area contributed by atoms with Crippen molar-refractivity contribution in [3.05, 3.63) is 0 Å². The van der Waals surface area contributed by atoms with Crippen molar-refractivity contribution in [1.82, 2.24) is 4.31 Å². The highest BCUT2D eigenvalue weighted by molar-refractivity contribution is 7.89. The Morgan fingerprint density at radius 3 is 2.67 bits per heavy atom. The molecule has 0 aromatic carbocycles. The third-order valence-electron chi connectivity index (χ3n) is 2.03. The van der Waals surface area contributed by atoms with E-state index in [4.69, 9.17) is 5.11 Å². The number of hydrogen-bond donors (Lipinski definition) is 1. The summed E-state index contributed by atoms with van der Waals surface area (Å²) in [6.45, 7) is 2.96. The first-order chi connectivity index (χ1) is 5.56. The number of hydrogen-bond acceptors (Lipinski definition) is 3. The Hall–Kier alpha value is -0.130. The summed E-state index contributed by atoms with van der Waals surface area (Å²) in [6, 6.07) is 0. The SMILES string of the molecule is CC(CO)CN1CCCS1(=O)=O. The predicted molar refractivity (Wildman–Crippen MR) is 46.2 cm³/mol. The van der Waals surface area contributed by atoms with Crippen LogP contribution in [0.4, 0.5) is 0 Å². The fourth-order valence-electron chi connectivity index (χ4n) is 1.30. The van der Waals surface area contributed by atoms with Crippen molar-refractivity contribution in [2.45, 2.75) is 13.3 Å². The Labute approximate surface area is 73.2 Å². The van der Waals surface area contributed by atoms with Crippen molar-refractivity contribution < 1.29 is 13.5 Å². The van der Waals surface area contributed by atoms with E-state index in [1.54, 1.807) is 0 Å². The molecule has 0 aromatic heterocycles. The van der Waals surface area contributed by atoms with Gasteiger partial charge in [-0.3, -0.25) is 0 Å². The third kappa shape index (κ3) is 2.18. The maximum Gasteiger partial charge on any atom is 0.214 e. The van der Waals surface area contributed by atoms with Crippen molar-refractivity contribution >= 4 is 10.0 Å². The standard InChI is InChI=1S/C7H15NO3S/c1-7(6-9)5-8-3-2-4-12(8,10)11/h7,9H,2-6H2,1H3. The molecule has 0 aromatic rings. The fourth-order valence-corrected chi connectivity index (χ4v) is 2.94. The van der Waals surface area contributed by atoms with Gasteiger partial charge in [0.2, 0.25) is 10.0 Å². The Bertz CT molecular complexity index is 237. The Morgan fingerprint density at radius 1 is 1.58 bits per heavy atom. The Kier molecular flexibility index (Phi) is 3.09. The van der Waals surface area contributed by atoms with Gasteiger partial charge in [0.15, 0.2) is 0 Å².